The van der Waals surface area contributed by atoms with Crippen LogP contribution in [0, 0.1) is 11.3 Å². The summed E-state index contributed by atoms with van der Waals surface area (Å²) in [5.41, 5.74) is 0.593. The number of benzene rings is 3. The van der Waals surface area contributed by atoms with Gasteiger partial charge in [0.2, 0.25) is 0 Å². The van der Waals surface area contributed by atoms with Crippen molar-refractivity contribution in [3.63, 3.8) is 0 Å². The van der Waals surface area contributed by atoms with E-state index in [0.29, 0.717) is 27.2 Å². The predicted octanol–water partition coefficient (Wildman–Crippen LogP) is 6.48. The second-order valence-corrected chi connectivity index (χ2v) is 9.75. The maximum absolute atomic E-state index is 14.8. The van der Waals surface area contributed by atoms with Crippen molar-refractivity contribution in [2.45, 2.75) is 24.9 Å². The zero-order valence-corrected chi connectivity index (χ0v) is 21.4. The number of fused-ring (bicyclic) bond motifs is 1. The van der Waals surface area contributed by atoms with Gasteiger partial charge in [-0.3, -0.25) is 0 Å². The van der Waals surface area contributed by atoms with Gasteiger partial charge >= 0.3 is 0 Å². The van der Waals surface area contributed by atoms with Gasteiger partial charge in [0.1, 0.15) is 11.8 Å². The molecule has 1 unspecified atom stereocenters. The van der Waals surface area contributed by atoms with E-state index in [0.717, 1.165) is 12.5 Å². The van der Waals surface area contributed by atoms with Crippen LogP contribution in [0.3, 0.4) is 0 Å². The lowest BCUT2D eigenvalue weighted by atomic mass is 9.82. The quantitative estimate of drug-likeness (QED) is 0.274. The van der Waals surface area contributed by atoms with Gasteiger partial charge in [0, 0.05) is 36.4 Å². The number of aliphatic hydroxyl groups is 1. The van der Waals surface area contributed by atoms with Crippen LogP contribution in [0.25, 0.3) is 10.9 Å². The summed E-state index contributed by atoms with van der Waals surface area (Å²) in [4.78, 5) is 8.50. The highest BCUT2D eigenvalue weighted by Crippen LogP contribution is 2.40. The van der Waals surface area contributed by atoms with Gasteiger partial charge < -0.3 is 9.67 Å². The van der Waals surface area contributed by atoms with Crippen molar-refractivity contribution < 1.29 is 13.9 Å². The van der Waals surface area contributed by atoms with Crippen LogP contribution < -0.4 is 0 Å². The SMILES string of the molecule is Cn1cncc1C(O)(c1ccc(Cl)cc1)c1ccc2nc(C(C)(F)F)c(Cc3ccccc3)c(C#N)c2c1. The van der Waals surface area contributed by atoms with Crippen LogP contribution in [-0.4, -0.2) is 19.6 Å². The lowest BCUT2D eigenvalue weighted by molar-refractivity contribution is 0.0122. The van der Waals surface area contributed by atoms with Crippen LogP contribution in [0.2, 0.25) is 5.02 Å². The van der Waals surface area contributed by atoms with Crippen molar-refractivity contribution in [1.82, 2.24) is 14.5 Å². The Balaban J connectivity index is 1.80. The predicted molar refractivity (Wildman–Crippen MR) is 142 cm³/mol. The largest absolute Gasteiger partial charge is 0.374 e. The number of halogens is 3. The van der Waals surface area contributed by atoms with E-state index in [1.165, 1.54) is 0 Å². The molecule has 0 saturated heterocycles. The fourth-order valence-corrected chi connectivity index (χ4v) is 4.98. The number of hydrogen-bond donors (Lipinski definition) is 1. The number of imidazole rings is 1. The third-order valence-electron chi connectivity index (χ3n) is 6.70. The molecule has 8 heteroatoms. The molecule has 1 N–H and O–H groups in total. The highest BCUT2D eigenvalue weighted by atomic mass is 35.5. The van der Waals surface area contributed by atoms with Crippen LogP contribution in [0.5, 0.6) is 0 Å². The van der Waals surface area contributed by atoms with Gasteiger partial charge in [0.25, 0.3) is 5.92 Å². The Labute approximate surface area is 223 Å². The molecule has 38 heavy (non-hydrogen) atoms. The third-order valence-corrected chi connectivity index (χ3v) is 6.96. The number of nitrogens with zero attached hydrogens (tertiary/aromatic N) is 4. The Bertz CT molecular complexity index is 1670. The van der Waals surface area contributed by atoms with Gasteiger partial charge in [-0.15, -0.1) is 0 Å². The Morgan fingerprint density at radius 1 is 1.03 bits per heavy atom. The van der Waals surface area contributed by atoms with E-state index in [-0.39, 0.29) is 23.1 Å². The van der Waals surface area contributed by atoms with Crippen LogP contribution in [0.4, 0.5) is 8.78 Å². The molecule has 0 radical (unpaired) electrons. The summed E-state index contributed by atoms with van der Waals surface area (Å²) in [5, 5.41) is 23.4. The number of aryl methyl sites for hydroxylation is 1. The fourth-order valence-electron chi connectivity index (χ4n) is 4.85. The van der Waals surface area contributed by atoms with E-state index in [2.05, 4.69) is 16.0 Å². The first-order valence-electron chi connectivity index (χ1n) is 11.9. The summed E-state index contributed by atoms with van der Waals surface area (Å²) in [7, 11) is 1.76. The summed E-state index contributed by atoms with van der Waals surface area (Å²) < 4.78 is 31.3. The summed E-state index contributed by atoms with van der Waals surface area (Å²) in [6.07, 6.45) is 3.25. The molecule has 0 aliphatic heterocycles. The van der Waals surface area contributed by atoms with Crippen molar-refractivity contribution >= 4 is 22.5 Å². The van der Waals surface area contributed by atoms with Crippen molar-refractivity contribution in [2.24, 2.45) is 7.05 Å². The van der Waals surface area contributed by atoms with Crippen molar-refractivity contribution in [3.8, 4) is 6.07 Å². The first-order valence-corrected chi connectivity index (χ1v) is 12.3. The summed E-state index contributed by atoms with van der Waals surface area (Å²) >= 11 is 6.11. The lowest BCUT2D eigenvalue weighted by Crippen LogP contribution is -2.31. The maximum atomic E-state index is 14.8. The number of alkyl halides is 2. The smallest absolute Gasteiger partial charge is 0.287 e. The van der Waals surface area contributed by atoms with E-state index in [1.807, 2.05) is 30.3 Å². The number of pyridine rings is 1. The molecule has 0 aliphatic rings. The monoisotopic (exact) mass is 528 g/mol. The standard InChI is InChI=1S/C30H23ClF2N4O/c1-29(32,33)28-24(14-19-6-4-3-5-7-19)25(16-34)23-15-21(10-13-26(23)36-28)30(38,27-17-35-18-37(27)2)20-8-11-22(31)12-9-20/h3-13,15,17-18,38H,14H2,1-2H3. The zero-order valence-electron chi connectivity index (χ0n) is 20.7. The van der Waals surface area contributed by atoms with Crippen molar-refractivity contribution in [2.75, 3.05) is 0 Å². The number of hydrogen-bond acceptors (Lipinski definition) is 4. The molecular weight excluding hydrogens is 506 g/mol. The first-order chi connectivity index (χ1) is 18.1. The molecule has 0 saturated carbocycles. The molecule has 2 heterocycles. The Hall–Kier alpha value is -4.12. The van der Waals surface area contributed by atoms with Gasteiger partial charge in [-0.05, 0) is 41.0 Å². The van der Waals surface area contributed by atoms with Gasteiger partial charge in [0.15, 0.2) is 5.60 Å². The molecular formula is C30H23ClF2N4O. The number of nitriles is 1. The number of rotatable bonds is 6. The molecule has 5 aromatic rings. The minimum atomic E-state index is -3.26. The van der Waals surface area contributed by atoms with E-state index in [9.17, 15) is 19.1 Å². The summed E-state index contributed by atoms with van der Waals surface area (Å²) in [6.45, 7) is 0.785. The third kappa shape index (κ3) is 4.43. The van der Waals surface area contributed by atoms with E-state index in [1.54, 1.807) is 66.6 Å². The molecule has 1 atom stereocenters. The molecule has 0 spiro atoms. The molecule has 0 amide bonds. The molecule has 5 nitrogen and oxygen atoms in total. The van der Waals surface area contributed by atoms with Crippen molar-refractivity contribution in [3.05, 3.63) is 130 Å². The second kappa shape index (κ2) is 9.64. The average Bonchev–Trinajstić information content (AvgIpc) is 3.34. The van der Waals surface area contributed by atoms with Gasteiger partial charge in [-0.1, -0.05) is 60.1 Å². The van der Waals surface area contributed by atoms with Gasteiger partial charge in [-0.25, -0.2) is 9.97 Å². The van der Waals surface area contributed by atoms with E-state index in [4.69, 9.17) is 11.6 Å². The summed E-state index contributed by atoms with van der Waals surface area (Å²) in [6, 6.07) is 22.9. The van der Waals surface area contributed by atoms with E-state index < -0.39 is 17.2 Å². The first kappa shape index (κ1) is 25.5. The maximum Gasteiger partial charge on any atom is 0.287 e. The number of aromatic nitrogens is 3. The van der Waals surface area contributed by atoms with E-state index >= 15 is 0 Å². The second-order valence-electron chi connectivity index (χ2n) is 9.32. The molecule has 0 fully saturated rings. The average molecular weight is 529 g/mol. The molecule has 3 aromatic carbocycles. The highest BCUT2D eigenvalue weighted by molar-refractivity contribution is 6.30. The van der Waals surface area contributed by atoms with Crippen LogP contribution in [0.1, 0.15) is 46.1 Å². The summed E-state index contributed by atoms with van der Waals surface area (Å²) in [5.74, 6) is -3.26. The Kier molecular flexibility index (Phi) is 6.47. The van der Waals surface area contributed by atoms with Crippen LogP contribution in [0.15, 0.2) is 85.3 Å². The lowest BCUT2D eigenvalue weighted by Gasteiger charge is -2.30. The molecule has 0 aliphatic carbocycles. The Morgan fingerprint density at radius 3 is 2.32 bits per heavy atom. The molecule has 5 rings (SSSR count). The van der Waals surface area contributed by atoms with Crippen molar-refractivity contribution in [1.29, 1.82) is 5.26 Å². The zero-order chi connectivity index (χ0) is 27.1. The minimum Gasteiger partial charge on any atom is -0.374 e. The topological polar surface area (TPSA) is 74.7 Å². The minimum absolute atomic E-state index is 0.0979. The molecule has 0 bridgehead atoms. The Morgan fingerprint density at radius 2 is 1.71 bits per heavy atom. The highest BCUT2D eigenvalue weighted by Gasteiger charge is 2.38. The fraction of sp³-hybridized carbons (Fsp3) is 0.167. The van der Waals surface area contributed by atoms with Crippen LogP contribution >= 0.6 is 11.6 Å². The van der Waals surface area contributed by atoms with Gasteiger partial charge in [-0.2, -0.15) is 14.0 Å². The van der Waals surface area contributed by atoms with Crippen LogP contribution in [-0.2, 0) is 25.0 Å². The molecule has 190 valence electrons. The van der Waals surface area contributed by atoms with Gasteiger partial charge in [0.05, 0.1) is 29.3 Å². The molecule has 2 aromatic heterocycles. The normalized spacial score (nSPS) is 13.3.